The molecule has 2 aromatic rings. The lowest BCUT2D eigenvalue weighted by Crippen LogP contribution is -1.93. The minimum atomic E-state index is -0.474. The van der Waals surface area contributed by atoms with E-state index in [0.717, 1.165) is 17.3 Å². The van der Waals surface area contributed by atoms with Crippen LogP contribution in [0.4, 0.5) is 4.39 Å². The van der Waals surface area contributed by atoms with Crippen LogP contribution >= 0.6 is 0 Å². The first-order valence-corrected chi connectivity index (χ1v) is 5.03. The Morgan fingerprint density at radius 2 is 1.94 bits per heavy atom. The Morgan fingerprint density at radius 1 is 1.25 bits per heavy atom. The Balaban J connectivity index is 2.44. The highest BCUT2D eigenvalue weighted by Gasteiger charge is 2.05. The third-order valence-electron chi connectivity index (χ3n) is 2.45. The SMILES string of the molecule is Cc1ccc(-c2cc(CO)c(F)cn2)cc1. The molecule has 3 heteroatoms. The molecule has 0 unspecified atom stereocenters. The van der Waals surface area contributed by atoms with Gasteiger partial charge in [-0.2, -0.15) is 0 Å². The summed E-state index contributed by atoms with van der Waals surface area (Å²) in [7, 11) is 0. The van der Waals surface area contributed by atoms with Crippen LogP contribution in [-0.2, 0) is 6.61 Å². The van der Waals surface area contributed by atoms with E-state index in [9.17, 15) is 4.39 Å². The highest BCUT2D eigenvalue weighted by molar-refractivity contribution is 5.60. The average Bonchev–Trinajstić information content (AvgIpc) is 2.31. The molecule has 0 radical (unpaired) electrons. The number of rotatable bonds is 2. The number of benzene rings is 1. The predicted octanol–water partition coefficient (Wildman–Crippen LogP) is 2.69. The number of halogens is 1. The highest BCUT2D eigenvalue weighted by Crippen LogP contribution is 2.19. The molecule has 0 bridgehead atoms. The van der Waals surface area contributed by atoms with E-state index >= 15 is 0 Å². The van der Waals surface area contributed by atoms with Gasteiger partial charge < -0.3 is 5.11 Å². The first kappa shape index (κ1) is 10.8. The number of hydrogen-bond acceptors (Lipinski definition) is 2. The predicted molar refractivity (Wildman–Crippen MR) is 60.3 cm³/mol. The van der Waals surface area contributed by atoms with Gasteiger partial charge >= 0.3 is 0 Å². The zero-order valence-corrected chi connectivity index (χ0v) is 8.94. The maximum atomic E-state index is 13.1. The number of pyridine rings is 1. The molecule has 0 fully saturated rings. The third-order valence-corrected chi connectivity index (χ3v) is 2.45. The Labute approximate surface area is 93.4 Å². The lowest BCUT2D eigenvalue weighted by atomic mass is 10.1. The number of aliphatic hydroxyl groups is 1. The van der Waals surface area contributed by atoms with Gasteiger partial charge in [0.05, 0.1) is 18.5 Å². The van der Waals surface area contributed by atoms with Crippen LogP contribution in [0.3, 0.4) is 0 Å². The van der Waals surface area contributed by atoms with Crippen LogP contribution in [0.15, 0.2) is 36.5 Å². The molecule has 0 saturated heterocycles. The molecule has 2 nitrogen and oxygen atoms in total. The van der Waals surface area contributed by atoms with Gasteiger partial charge in [-0.25, -0.2) is 4.39 Å². The van der Waals surface area contributed by atoms with Crippen molar-refractivity contribution in [3.8, 4) is 11.3 Å². The summed E-state index contributed by atoms with van der Waals surface area (Å²) in [4.78, 5) is 4.00. The zero-order valence-electron chi connectivity index (χ0n) is 8.94. The van der Waals surface area contributed by atoms with E-state index < -0.39 is 5.82 Å². The second kappa shape index (κ2) is 4.41. The lowest BCUT2D eigenvalue weighted by molar-refractivity contribution is 0.275. The topological polar surface area (TPSA) is 33.1 Å². The van der Waals surface area contributed by atoms with Crippen molar-refractivity contribution in [3.63, 3.8) is 0 Å². The van der Waals surface area contributed by atoms with Gasteiger partial charge in [-0.05, 0) is 13.0 Å². The molecule has 0 spiro atoms. The molecular weight excluding hydrogens is 205 g/mol. The average molecular weight is 217 g/mol. The van der Waals surface area contributed by atoms with Crippen LogP contribution in [0.2, 0.25) is 0 Å². The van der Waals surface area contributed by atoms with E-state index in [4.69, 9.17) is 5.11 Å². The number of nitrogens with zero attached hydrogens (tertiary/aromatic N) is 1. The number of aliphatic hydroxyl groups excluding tert-OH is 1. The molecule has 1 aromatic carbocycles. The van der Waals surface area contributed by atoms with Gasteiger partial charge in [-0.3, -0.25) is 4.98 Å². The Morgan fingerprint density at radius 3 is 2.56 bits per heavy atom. The van der Waals surface area contributed by atoms with E-state index in [2.05, 4.69) is 4.98 Å². The highest BCUT2D eigenvalue weighted by atomic mass is 19.1. The number of aryl methyl sites for hydroxylation is 1. The normalized spacial score (nSPS) is 10.4. The van der Waals surface area contributed by atoms with Crippen molar-refractivity contribution in [3.05, 3.63) is 53.5 Å². The van der Waals surface area contributed by atoms with Gasteiger partial charge in [0.1, 0.15) is 5.82 Å². The third kappa shape index (κ3) is 2.09. The first-order valence-electron chi connectivity index (χ1n) is 5.03. The Kier molecular flexibility index (Phi) is 2.97. The van der Waals surface area contributed by atoms with Crippen molar-refractivity contribution >= 4 is 0 Å². The second-order valence-corrected chi connectivity index (χ2v) is 3.69. The van der Waals surface area contributed by atoms with Crippen molar-refractivity contribution in [2.75, 3.05) is 0 Å². The van der Waals surface area contributed by atoms with Gasteiger partial charge in [-0.1, -0.05) is 29.8 Å². The van der Waals surface area contributed by atoms with Crippen molar-refractivity contribution in [1.82, 2.24) is 4.98 Å². The van der Waals surface area contributed by atoms with Gasteiger partial charge in [0.15, 0.2) is 0 Å². The molecule has 0 aliphatic carbocycles. The van der Waals surface area contributed by atoms with Gasteiger partial charge in [0, 0.05) is 11.1 Å². The molecule has 1 aromatic heterocycles. The second-order valence-electron chi connectivity index (χ2n) is 3.69. The smallest absolute Gasteiger partial charge is 0.147 e. The quantitative estimate of drug-likeness (QED) is 0.839. The minimum absolute atomic E-state index is 0.269. The molecule has 0 aliphatic rings. The van der Waals surface area contributed by atoms with E-state index in [0.29, 0.717) is 5.69 Å². The van der Waals surface area contributed by atoms with E-state index in [1.54, 1.807) is 6.07 Å². The molecule has 0 aliphatic heterocycles. The molecule has 0 atom stereocenters. The van der Waals surface area contributed by atoms with Crippen LogP contribution < -0.4 is 0 Å². The molecule has 0 saturated carbocycles. The molecular formula is C13H12FNO. The molecule has 1 heterocycles. The zero-order chi connectivity index (χ0) is 11.5. The van der Waals surface area contributed by atoms with Crippen LogP contribution in [0, 0.1) is 12.7 Å². The van der Waals surface area contributed by atoms with Crippen molar-refractivity contribution < 1.29 is 9.50 Å². The van der Waals surface area contributed by atoms with Gasteiger partial charge in [0.2, 0.25) is 0 Å². The maximum absolute atomic E-state index is 13.1. The van der Waals surface area contributed by atoms with Crippen molar-refractivity contribution in [2.45, 2.75) is 13.5 Å². The Bertz CT molecular complexity index is 494. The summed E-state index contributed by atoms with van der Waals surface area (Å²) in [6.45, 7) is 1.69. The summed E-state index contributed by atoms with van der Waals surface area (Å²) in [5, 5.41) is 8.97. The maximum Gasteiger partial charge on any atom is 0.147 e. The largest absolute Gasteiger partial charge is 0.392 e. The lowest BCUT2D eigenvalue weighted by Gasteiger charge is -2.04. The summed E-state index contributed by atoms with van der Waals surface area (Å²) in [6, 6.07) is 9.37. The van der Waals surface area contributed by atoms with Crippen LogP contribution in [0.25, 0.3) is 11.3 Å². The fourth-order valence-electron chi connectivity index (χ4n) is 1.48. The van der Waals surface area contributed by atoms with Crippen LogP contribution in [0.1, 0.15) is 11.1 Å². The molecule has 2 rings (SSSR count). The van der Waals surface area contributed by atoms with Crippen LogP contribution in [0.5, 0.6) is 0 Å². The van der Waals surface area contributed by atoms with Crippen molar-refractivity contribution in [2.24, 2.45) is 0 Å². The Hall–Kier alpha value is -1.74. The van der Waals surface area contributed by atoms with Crippen LogP contribution in [-0.4, -0.2) is 10.1 Å². The van der Waals surface area contributed by atoms with Gasteiger partial charge in [-0.15, -0.1) is 0 Å². The summed E-state index contributed by atoms with van der Waals surface area (Å²) in [6.07, 6.45) is 1.14. The number of hydrogen-bond donors (Lipinski definition) is 1. The fraction of sp³-hybridized carbons (Fsp3) is 0.154. The van der Waals surface area contributed by atoms with E-state index in [1.807, 2.05) is 31.2 Å². The molecule has 1 N–H and O–H groups in total. The number of aromatic nitrogens is 1. The van der Waals surface area contributed by atoms with Crippen molar-refractivity contribution in [1.29, 1.82) is 0 Å². The van der Waals surface area contributed by atoms with Gasteiger partial charge in [0.25, 0.3) is 0 Å². The minimum Gasteiger partial charge on any atom is -0.392 e. The van der Waals surface area contributed by atoms with E-state index in [1.165, 1.54) is 0 Å². The summed E-state index contributed by atoms with van der Waals surface area (Å²) in [5.74, 6) is -0.474. The summed E-state index contributed by atoms with van der Waals surface area (Å²) in [5.41, 5.74) is 3.02. The molecule has 0 amide bonds. The molecule has 16 heavy (non-hydrogen) atoms. The molecule has 82 valence electrons. The summed E-state index contributed by atoms with van der Waals surface area (Å²) >= 11 is 0. The van der Waals surface area contributed by atoms with E-state index in [-0.39, 0.29) is 12.2 Å². The standard InChI is InChI=1S/C13H12FNO/c1-9-2-4-10(5-3-9)13-6-11(8-16)12(14)7-15-13/h2-7,16H,8H2,1H3. The fourth-order valence-corrected chi connectivity index (χ4v) is 1.48. The first-order chi connectivity index (χ1) is 7.70. The summed E-state index contributed by atoms with van der Waals surface area (Å²) < 4.78 is 13.1. The monoisotopic (exact) mass is 217 g/mol.